The summed E-state index contributed by atoms with van der Waals surface area (Å²) in [7, 11) is -3.60. The Bertz CT molecular complexity index is 1520. The van der Waals surface area contributed by atoms with Crippen LogP contribution in [0.3, 0.4) is 0 Å². The Morgan fingerprint density at radius 3 is 2.37 bits per heavy atom. The molecule has 0 spiro atoms. The molecule has 1 aliphatic heterocycles. The quantitative estimate of drug-likeness (QED) is 0.489. The maximum absolute atomic E-state index is 13.2. The number of carbonyl (C=O) groups excluding carboxylic acids is 1. The van der Waals surface area contributed by atoms with E-state index in [1.165, 1.54) is 0 Å². The smallest absolute Gasteiger partial charge is 0.475 e. The largest absolute Gasteiger partial charge is 0.490 e. The summed E-state index contributed by atoms with van der Waals surface area (Å²) in [6, 6.07) is 7.30. The van der Waals surface area contributed by atoms with E-state index in [1.807, 2.05) is 36.9 Å². The number of nitrogens with zero attached hydrogens (tertiary/aromatic N) is 4. The number of halogens is 3. The standard InChI is InChI=1S/C22H23N5O3S.C2HF3O2/c1-12-6-18(26-24-12)19-8-16(10-23-25-19)15-7-17-11-27(13(2)14-4-5-14)22(28)21(17)20(9-15)31(3,29)30;3-2(4,5)1(6)7/h6-10,13-14H,4-5,11H2,1-3H3,(H,24,26);(H,6,7)/t13-;/m0./s1. The van der Waals surface area contributed by atoms with Crippen LogP contribution in [-0.2, 0) is 21.2 Å². The Labute approximate surface area is 215 Å². The maximum Gasteiger partial charge on any atom is 0.490 e. The molecule has 0 radical (unpaired) electrons. The van der Waals surface area contributed by atoms with E-state index in [9.17, 15) is 26.4 Å². The number of fused-ring (bicyclic) bond motifs is 1. The first-order valence-electron chi connectivity index (χ1n) is 11.5. The van der Waals surface area contributed by atoms with Gasteiger partial charge in [-0.05, 0) is 68.0 Å². The molecule has 1 atom stereocenters. The zero-order chi connectivity index (χ0) is 28.0. The van der Waals surface area contributed by atoms with E-state index in [4.69, 9.17) is 9.90 Å². The van der Waals surface area contributed by atoms with Crippen molar-refractivity contribution in [2.45, 2.75) is 50.3 Å². The Balaban J connectivity index is 0.000000426. The number of alkyl halides is 3. The van der Waals surface area contributed by atoms with Crippen LogP contribution in [0.5, 0.6) is 0 Å². The summed E-state index contributed by atoms with van der Waals surface area (Å²) < 4.78 is 57.0. The third-order valence-corrected chi connectivity index (χ3v) is 7.53. The van der Waals surface area contributed by atoms with Crippen LogP contribution < -0.4 is 0 Å². The third-order valence-electron chi connectivity index (χ3n) is 6.41. The van der Waals surface area contributed by atoms with Crippen LogP contribution in [-0.4, -0.2) is 69.2 Å². The molecule has 1 aliphatic carbocycles. The van der Waals surface area contributed by atoms with Gasteiger partial charge in [-0.15, -0.1) is 5.10 Å². The van der Waals surface area contributed by atoms with Gasteiger partial charge in [-0.1, -0.05) is 0 Å². The number of sulfone groups is 1. The molecule has 202 valence electrons. The van der Waals surface area contributed by atoms with Crippen LogP contribution in [0.25, 0.3) is 22.5 Å². The lowest BCUT2D eigenvalue weighted by Crippen LogP contribution is -2.35. The Morgan fingerprint density at radius 2 is 1.84 bits per heavy atom. The number of aromatic nitrogens is 4. The van der Waals surface area contributed by atoms with E-state index < -0.39 is 22.0 Å². The van der Waals surface area contributed by atoms with Gasteiger partial charge in [-0.3, -0.25) is 9.89 Å². The first-order chi connectivity index (χ1) is 17.7. The number of H-pyrrole nitrogens is 1. The van der Waals surface area contributed by atoms with Crippen molar-refractivity contribution in [3.05, 3.63) is 47.3 Å². The third kappa shape index (κ3) is 5.69. The molecule has 0 saturated heterocycles. The van der Waals surface area contributed by atoms with Gasteiger partial charge < -0.3 is 10.0 Å². The molecular weight excluding hydrogens is 527 g/mol. The summed E-state index contributed by atoms with van der Waals surface area (Å²) in [5, 5.41) is 22.4. The molecule has 3 aromatic rings. The summed E-state index contributed by atoms with van der Waals surface area (Å²) in [6.07, 6.45) is -0.105. The number of rotatable bonds is 5. The van der Waals surface area contributed by atoms with E-state index in [-0.39, 0.29) is 16.8 Å². The molecule has 0 unspecified atom stereocenters. The number of aryl methyl sites for hydroxylation is 1. The molecular formula is C24H24F3N5O5S. The maximum atomic E-state index is 13.2. The fraction of sp³-hybridized carbons (Fsp3) is 0.375. The van der Waals surface area contributed by atoms with Crippen LogP contribution in [0.2, 0.25) is 0 Å². The molecule has 3 heterocycles. The number of aliphatic carboxylic acids is 1. The normalized spacial score (nSPS) is 16.1. The summed E-state index contributed by atoms with van der Waals surface area (Å²) >= 11 is 0. The minimum atomic E-state index is -5.08. The summed E-state index contributed by atoms with van der Waals surface area (Å²) in [5.41, 5.74) is 4.65. The second-order valence-corrected chi connectivity index (χ2v) is 11.3. The highest BCUT2D eigenvalue weighted by molar-refractivity contribution is 7.90. The molecule has 1 fully saturated rings. The Hall–Kier alpha value is -3.81. The van der Waals surface area contributed by atoms with Gasteiger partial charge in [0.15, 0.2) is 9.84 Å². The van der Waals surface area contributed by atoms with Crippen molar-refractivity contribution >= 4 is 21.7 Å². The lowest BCUT2D eigenvalue weighted by molar-refractivity contribution is -0.192. The van der Waals surface area contributed by atoms with Crippen molar-refractivity contribution in [3.8, 4) is 22.5 Å². The van der Waals surface area contributed by atoms with Crippen LogP contribution in [0.1, 0.15) is 41.4 Å². The number of carboxylic acid groups (broad SMARTS) is 1. The molecule has 2 N–H and O–H groups in total. The number of benzene rings is 1. The minimum Gasteiger partial charge on any atom is -0.475 e. The fourth-order valence-electron chi connectivity index (χ4n) is 4.27. The van der Waals surface area contributed by atoms with E-state index >= 15 is 0 Å². The molecule has 10 nitrogen and oxygen atoms in total. The predicted molar refractivity (Wildman–Crippen MR) is 129 cm³/mol. The molecule has 5 rings (SSSR count). The van der Waals surface area contributed by atoms with Gasteiger partial charge in [-0.2, -0.15) is 23.4 Å². The molecule has 0 bridgehead atoms. The number of amides is 1. The van der Waals surface area contributed by atoms with Crippen molar-refractivity contribution in [2.24, 2.45) is 5.92 Å². The monoisotopic (exact) mass is 551 g/mol. The van der Waals surface area contributed by atoms with Crippen molar-refractivity contribution in [3.63, 3.8) is 0 Å². The Morgan fingerprint density at radius 1 is 1.18 bits per heavy atom. The molecule has 14 heteroatoms. The van der Waals surface area contributed by atoms with Gasteiger partial charge in [0.05, 0.1) is 28.0 Å². The van der Waals surface area contributed by atoms with Crippen molar-refractivity contribution in [1.82, 2.24) is 25.3 Å². The number of nitrogens with one attached hydrogen (secondary N) is 1. The number of carboxylic acids is 1. The number of hydrogen-bond acceptors (Lipinski definition) is 7. The summed E-state index contributed by atoms with van der Waals surface area (Å²) in [5.74, 6) is -2.44. The second-order valence-electron chi connectivity index (χ2n) is 9.35. The van der Waals surface area contributed by atoms with E-state index in [0.29, 0.717) is 29.3 Å². The number of hydrogen-bond donors (Lipinski definition) is 2. The topological polar surface area (TPSA) is 146 Å². The Kier molecular flexibility index (Phi) is 7.03. The molecule has 2 aliphatic rings. The van der Waals surface area contributed by atoms with Crippen molar-refractivity contribution in [2.75, 3.05) is 6.26 Å². The SMILES string of the molecule is Cc1cc(-c2cc(-c3cc4c(c(S(C)(=O)=O)c3)C(=O)N([C@@H](C)C3CC3)C4)cnn2)[nH]n1.O=C(O)C(F)(F)F. The summed E-state index contributed by atoms with van der Waals surface area (Å²) in [4.78, 5) is 23.9. The second kappa shape index (κ2) is 9.82. The van der Waals surface area contributed by atoms with E-state index in [2.05, 4.69) is 20.4 Å². The van der Waals surface area contributed by atoms with Crippen molar-refractivity contribution < 1.29 is 36.3 Å². The molecule has 1 aromatic carbocycles. The zero-order valence-corrected chi connectivity index (χ0v) is 21.4. The van der Waals surface area contributed by atoms with Gasteiger partial charge in [0.1, 0.15) is 5.69 Å². The van der Waals surface area contributed by atoms with Crippen molar-refractivity contribution in [1.29, 1.82) is 0 Å². The molecule has 38 heavy (non-hydrogen) atoms. The number of carbonyl (C=O) groups is 2. The number of aromatic amines is 1. The first-order valence-corrected chi connectivity index (χ1v) is 13.4. The van der Waals surface area contributed by atoms with Gasteiger partial charge in [-0.25, -0.2) is 13.2 Å². The van der Waals surface area contributed by atoms with Crippen LogP contribution in [0.15, 0.2) is 35.4 Å². The molecule has 1 amide bonds. The highest BCUT2D eigenvalue weighted by atomic mass is 32.2. The highest BCUT2D eigenvalue weighted by Crippen LogP contribution is 2.40. The van der Waals surface area contributed by atoms with Crippen LogP contribution >= 0.6 is 0 Å². The molecule has 1 saturated carbocycles. The fourth-order valence-corrected chi connectivity index (χ4v) is 5.20. The first kappa shape index (κ1) is 27.2. The highest BCUT2D eigenvalue weighted by Gasteiger charge is 2.41. The van der Waals surface area contributed by atoms with E-state index in [0.717, 1.165) is 41.6 Å². The van der Waals surface area contributed by atoms with Gasteiger partial charge >= 0.3 is 12.1 Å². The van der Waals surface area contributed by atoms with E-state index in [1.54, 1.807) is 12.3 Å². The van der Waals surface area contributed by atoms with Gasteiger partial charge in [0, 0.05) is 24.4 Å². The average Bonchev–Trinajstić information content (AvgIpc) is 3.52. The zero-order valence-electron chi connectivity index (χ0n) is 20.6. The lowest BCUT2D eigenvalue weighted by atomic mass is 10.0. The lowest BCUT2D eigenvalue weighted by Gasteiger charge is -2.24. The van der Waals surface area contributed by atoms with Gasteiger partial charge in [0.25, 0.3) is 5.91 Å². The summed E-state index contributed by atoms with van der Waals surface area (Å²) in [6.45, 7) is 4.35. The minimum absolute atomic E-state index is 0.0752. The molecule has 2 aromatic heterocycles. The van der Waals surface area contributed by atoms with Gasteiger partial charge in [0.2, 0.25) is 0 Å². The van der Waals surface area contributed by atoms with Crippen LogP contribution in [0.4, 0.5) is 13.2 Å². The average molecular weight is 552 g/mol. The predicted octanol–water partition coefficient (Wildman–Crippen LogP) is 3.63. The van der Waals surface area contributed by atoms with Crippen LogP contribution in [0, 0.1) is 12.8 Å².